The van der Waals surface area contributed by atoms with Gasteiger partial charge in [-0.25, -0.2) is 4.39 Å². The summed E-state index contributed by atoms with van der Waals surface area (Å²) in [4.78, 5) is 23.9. The Morgan fingerprint density at radius 2 is 1.74 bits per heavy atom. The highest BCUT2D eigenvalue weighted by atomic mass is 32.1. The molecule has 0 aliphatic carbocycles. The van der Waals surface area contributed by atoms with E-state index in [1.165, 1.54) is 24.3 Å². The minimum atomic E-state index is -0.408. The largest absolute Gasteiger partial charge is 0.331 e. The number of hydrazine groups is 1. The molecule has 2 rings (SSSR count). The Kier molecular flexibility index (Phi) is 7.43. The molecule has 0 atom stereocenters. The third kappa shape index (κ3) is 6.14. The first-order valence-corrected chi connectivity index (χ1v) is 9.04. The molecule has 27 heavy (non-hydrogen) atoms. The predicted molar refractivity (Wildman–Crippen MR) is 108 cm³/mol. The molecule has 2 aromatic rings. The Hall–Kier alpha value is -2.80. The monoisotopic (exact) mass is 387 g/mol. The highest BCUT2D eigenvalue weighted by Crippen LogP contribution is 2.20. The number of aryl methyl sites for hydroxylation is 2. The van der Waals surface area contributed by atoms with Crippen LogP contribution in [0.25, 0.3) is 0 Å². The van der Waals surface area contributed by atoms with Crippen molar-refractivity contribution in [2.75, 3.05) is 5.32 Å². The van der Waals surface area contributed by atoms with E-state index < -0.39 is 5.82 Å². The van der Waals surface area contributed by atoms with Crippen molar-refractivity contribution in [2.45, 2.75) is 33.1 Å². The van der Waals surface area contributed by atoms with Gasteiger partial charge in [0.05, 0.1) is 0 Å². The molecule has 1 amide bonds. The lowest BCUT2D eigenvalue weighted by Gasteiger charge is -2.16. The number of nitrogens with one attached hydrogen (secondary N) is 3. The summed E-state index contributed by atoms with van der Waals surface area (Å²) in [5, 5.41) is 3.35. The second-order valence-electron chi connectivity index (χ2n) is 6.02. The number of para-hydroxylation sites is 1. The Labute approximate surface area is 163 Å². The molecule has 142 valence electrons. The first-order chi connectivity index (χ1) is 12.9. The van der Waals surface area contributed by atoms with Gasteiger partial charge in [0.25, 0.3) is 0 Å². The maximum absolute atomic E-state index is 12.9. The molecule has 0 aliphatic heterocycles. The number of anilines is 1. The van der Waals surface area contributed by atoms with E-state index in [0.717, 1.165) is 23.2 Å². The molecule has 0 radical (unpaired) electrons. The average Bonchev–Trinajstić information content (AvgIpc) is 2.66. The van der Waals surface area contributed by atoms with Crippen LogP contribution in [-0.4, -0.2) is 16.8 Å². The fraction of sp³-hybridized carbons (Fsp3) is 0.250. The highest BCUT2D eigenvalue weighted by Gasteiger charge is 2.10. The lowest BCUT2D eigenvalue weighted by atomic mass is 10.1. The molecule has 7 heteroatoms. The zero-order chi connectivity index (χ0) is 19.8. The number of carbonyl (C=O) groups excluding carboxylic acids is 2. The number of amides is 1. The Morgan fingerprint density at radius 1 is 1.04 bits per heavy atom. The first-order valence-electron chi connectivity index (χ1n) is 8.63. The summed E-state index contributed by atoms with van der Waals surface area (Å²) in [5.74, 6) is -0.997. The number of benzene rings is 2. The van der Waals surface area contributed by atoms with Crippen LogP contribution in [0.4, 0.5) is 10.1 Å². The van der Waals surface area contributed by atoms with Crippen molar-refractivity contribution >= 4 is 34.7 Å². The number of Topliss-reactive ketones (excluding diaryl/α,β-unsaturated/α-hetero) is 1. The van der Waals surface area contributed by atoms with Crippen molar-refractivity contribution in [3.63, 3.8) is 0 Å². The van der Waals surface area contributed by atoms with E-state index in [0.29, 0.717) is 5.56 Å². The predicted octanol–water partition coefficient (Wildman–Crippen LogP) is 3.68. The molecule has 0 fully saturated rings. The van der Waals surface area contributed by atoms with Gasteiger partial charge in [-0.15, -0.1) is 0 Å². The van der Waals surface area contributed by atoms with Crippen LogP contribution in [0.5, 0.6) is 0 Å². The van der Waals surface area contributed by atoms with Crippen molar-refractivity contribution in [1.29, 1.82) is 0 Å². The molecule has 0 aromatic heterocycles. The van der Waals surface area contributed by atoms with Crippen molar-refractivity contribution in [3.8, 4) is 0 Å². The summed E-state index contributed by atoms with van der Waals surface area (Å²) in [6.07, 6.45) is 0.873. The summed E-state index contributed by atoms with van der Waals surface area (Å²) >= 11 is 5.21. The lowest BCUT2D eigenvalue weighted by Crippen LogP contribution is -2.44. The van der Waals surface area contributed by atoms with Crippen molar-refractivity contribution in [1.82, 2.24) is 10.9 Å². The third-order valence-corrected chi connectivity index (χ3v) is 4.24. The van der Waals surface area contributed by atoms with E-state index in [9.17, 15) is 14.0 Å². The minimum absolute atomic E-state index is 0.00357. The van der Waals surface area contributed by atoms with Gasteiger partial charge in [-0.3, -0.25) is 20.4 Å². The smallest absolute Gasteiger partial charge is 0.238 e. The summed E-state index contributed by atoms with van der Waals surface area (Å²) < 4.78 is 12.9. The van der Waals surface area contributed by atoms with E-state index in [1.807, 2.05) is 25.1 Å². The molecule has 0 saturated carbocycles. The third-order valence-electron chi connectivity index (χ3n) is 4.04. The van der Waals surface area contributed by atoms with E-state index in [4.69, 9.17) is 12.2 Å². The number of halogens is 1. The summed E-state index contributed by atoms with van der Waals surface area (Å²) in [6.45, 7) is 4.03. The molecular formula is C20H22FN3O2S. The van der Waals surface area contributed by atoms with Crippen LogP contribution in [0.2, 0.25) is 0 Å². The minimum Gasteiger partial charge on any atom is -0.331 e. The van der Waals surface area contributed by atoms with Crippen LogP contribution in [-0.2, 0) is 11.2 Å². The number of carbonyl (C=O) groups is 2. The van der Waals surface area contributed by atoms with Crippen LogP contribution >= 0.6 is 12.2 Å². The number of thiocarbonyl (C=S) groups is 1. The Morgan fingerprint density at radius 3 is 2.41 bits per heavy atom. The highest BCUT2D eigenvalue weighted by molar-refractivity contribution is 7.80. The second-order valence-corrected chi connectivity index (χ2v) is 6.43. The van der Waals surface area contributed by atoms with Gasteiger partial charge in [0.1, 0.15) is 5.82 Å². The average molecular weight is 387 g/mol. The van der Waals surface area contributed by atoms with Gasteiger partial charge in [-0.1, -0.05) is 25.1 Å². The Bertz CT molecular complexity index is 838. The molecule has 2 aromatic carbocycles. The van der Waals surface area contributed by atoms with Crippen LogP contribution in [0, 0.1) is 12.7 Å². The van der Waals surface area contributed by atoms with Gasteiger partial charge in [0.2, 0.25) is 5.91 Å². The molecule has 0 aliphatic rings. The number of hydrogen-bond acceptors (Lipinski definition) is 3. The van der Waals surface area contributed by atoms with Gasteiger partial charge in [-0.2, -0.15) is 0 Å². The normalized spacial score (nSPS) is 10.2. The molecule has 0 bridgehead atoms. The van der Waals surface area contributed by atoms with Crippen LogP contribution < -0.4 is 16.2 Å². The van der Waals surface area contributed by atoms with Gasteiger partial charge in [-0.05, 0) is 61.0 Å². The molecule has 3 N–H and O–H groups in total. The van der Waals surface area contributed by atoms with E-state index in [-0.39, 0.29) is 29.6 Å². The zero-order valence-corrected chi connectivity index (χ0v) is 16.1. The fourth-order valence-corrected chi connectivity index (χ4v) is 2.70. The number of rotatable bonds is 6. The second kappa shape index (κ2) is 9.78. The topological polar surface area (TPSA) is 70.2 Å². The number of ketones is 1. The van der Waals surface area contributed by atoms with Crippen molar-refractivity contribution < 1.29 is 14.0 Å². The van der Waals surface area contributed by atoms with Crippen LogP contribution in [0.1, 0.15) is 41.3 Å². The summed E-state index contributed by atoms with van der Waals surface area (Å²) in [6, 6.07) is 11.2. The first kappa shape index (κ1) is 20.5. The Balaban J connectivity index is 1.79. The van der Waals surface area contributed by atoms with Crippen molar-refractivity contribution in [3.05, 3.63) is 65.0 Å². The molecule has 0 spiro atoms. The molecular weight excluding hydrogens is 365 g/mol. The zero-order valence-electron chi connectivity index (χ0n) is 15.3. The van der Waals surface area contributed by atoms with Crippen LogP contribution in [0.15, 0.2) is 42.5 Å². The fourth-order valence-electron chi connectivity index (χ4n) is 2.54. The van der Waals surface area contributed by atoms with Crippen LogP contribution in [0.3, 0.4) is 0 Å². The maximum atomic E-state index is 12.9. The SMILES string of the molecule is CCc1cccc(C)c1NC(=S)NNC(=O)CCC(=O)c1ccc(F)cc1. The molecule has 5 nitrogen and oxygen atoms in total. The molecule has 0 unspecified atom stereocenters. The van der Waals surface area contributed by atoms with Gasteiger partial charge < -0.3 is 5.32 Å². The summed E-state index contributed by atoms with van der Waals surface area (Å²) in [5.41, 5.74) is 8.57. The van der Waals surface area contributed by atoms with E-state index in [1.54, 1.807) is 0 Å². The van der Waals surface area contributed by atoms with Gasteiger partial charge >= 0.3 is 0 Å². The molecule has 0 saturated heterocycles. The molecule has 0 heterocycles. The van der Waals surface area contributed by atoms with Gasteiger partial charge in [0, 0.05) is 24.1 Å². The number of hydrogen-bond donors (Lipinski definition) is 3. The maximum Gasteiger partial charge on any atom is 0.238 e. The van der Waals surface area contributed by atoms with Crippen molar-refractivity contribution in [2.24, 2.45) is 0 Å². The van der Waals surface area contributed by atoms with Gasteiger partial charge in [0.15, 0.2) is 10.9 Å². The van der Waals surface area contributed by atoms with E-state index >= 15 is 0 Å². The lowest BCUT2D eigenvalue weighted by molar-refractivity contribution is -0.121. The van der Waals surface area contributed by atoms with E-state index in [2.05, 4.69) is 23.1 Å². The quantitative estimate of drug-likeness (QED) is 0.401. The standard InChI is InChI=1S/C20H22FN3O2S/c1-3-14-6-4-5-13(2)19(14)22-20(27)24-23-18(26)12-11-17(25)15-7-9-16(21)10-8-15/h4-10H,3,11-12H2,1-2H3,(H,23,26)(H2,22,24,27). The summed E-state index contributed by atoms with van der Waals surface area (Å²) in [7, 11) is 0.